The highest BCUT2D eigenvalue weighted by atomic mass is 35.5. The molecule has 1 aliphatic rings. The number of anilines is 1. The van der Waals surface area contributed by atoms with E-state index in [9.17, 15) is 29.1 Å². The number of aliphatic hydroxyl groups excluding tert-OH is 1. The number of ether oxygens (including phenoxy) is 4. The topological polar surface area (TPSA) is 168 Å². The van der Waals surface area contributed by atoms with E-state index < -0.39 is 65.8 Å². The van der Waals surface area contributed by atoms with Crippen LogP contribution < -0.4 is 25.6 Å². The Bertz CT molecular complexity index is 2320. The summed E-state index contributed by atoms with van der Waals surface area (Å²) in [5.74, 6) is -5.23. The Morgan fingerprint density at radius 2 is 1.59 bits per heavy atom. The number of carbonyl (C=O) groups excluding carboxylic acids is 3. The zero-order valence-electron chi connectivity index (χ0n) is 28.8. The highest BCUT2D eigenvalue weighted by Crippen LogP contribution is 2.41. The predicted octanol–water partition coefficient (Wildman–Crippen LogP) is 4.26. The lowest BCUT2D eigenvalue weighted by atomic mass is 10.1. The number of rotatable bonds is 11. The first-order valence-electron chi connectivity index (χ1n) is 16.4. The van der Waals surface area contributed by atoms with Crippen molar-refractivity contribution in [3.8, 4) is 11.6 Å². The zero-order valence-corrected chi connectivity index (χ0v) is 29.5. The molecule has 3 aromatic carbocycles. The Labute approximate surface area is 311 Å². The van der Waals surface area contributed by atoms with E-state index in [1.165, 1.54) is 41.4 Å². The Morgan fingerprint density at radius 1 is 0.944 bits per heavy atom. The van der Waals surface area contributed by atoms with Crippen molar-refractivity contribution in [3.05, 3.63) is 151 Å². The molecule has 54 heavy (non-hydrogen) atoms. The third-order valence-electron chi connectivity index (χ3n) is 8.37. The Kier molecular flexibility index (Phi) is 11.4. The largest absolute Gasteiger partial charge is 0.415 e. The first kappa shape index (κ1) is 37.7. The Balaban J connectivity index is 1.26. The van der Waals surface area contributed by atoms with Gasteiger partial charge in [-0.05, 0) is 35.9 Å². The number of nitrogens with zero attached hydrogens (tertiary/aromatic N) is 4. The van der Waals surface area contributed by atoms with Crippen LogP contribution in [0.25, 0.3) is 0 Å². The SMILES string of the molecule is CN(C)c1c(Cl)cnc(OC(=O)c2cccc(C(=O)n3c(=O)c(F)cn([C@H]4C[C@H](OCc5ccccc5)[C@@H](CO)O4)c3=O)c2)c1OC(=O)c1ccccc1. The van der Waals surface area contributed by atoms with Crippen LogP contribution in [0.5, 0.6) is 11.6 Å². The van der Waals surface area contributed by atoms with E-state index in [2.05, 4.69) is 4.98 Å². The fourth-order valence-electron chi connectivity index (χ4n) is 5.72. The van der Waals surface area contributed by atoms with Gasteiger partial charge in [-0.25, -0.2) is 19.4 Å². The second kappa shape index (κ2) is 16.3. The van der Waals surface area contributed by atoms with Crippen LogP contribution in [0.15, 0.2) is 107 Å². The summed E-state index contributed by atoms with van der Waals surface area (Å²) >= 11 is 6.36. The maximum Gasteiger partial charge on any atom is 0.345 e. The summed E-state index contributed by atoms with van der Waals surface area (Å²) in [4.78, 5) is 72.2. The van der Waals surface area contributed by atoms with Gasteiger partial charge in [-0.1, -0.05) is 66.2 Å². The standard InChI is InChI=1S/C38H32ClFN4O10/c1-42(2)31-26(39)18-41-33(32(31)53-36(48)23-12-7-4-8-13-23)54-37(49)25-15-9-14-24(16-25)34(46)44-35(47)27(40)19-43(38(44)50)30-17-28(29(20-45)52-30)51-21-22-10-5-3-6-11-22/h3-16,18-19,28-30,45H,17,20-21H2,1-2H3/t28-,29+,30+/m0/s1. The third-order valence-corrected chi connectivity index (χ3v) is 8.65. The number of aromatic nitrogens is 3. The molecule has 1 fully saturated rings. The van der Waals surface area contributed by atoms with E-state index >= 15 is 4.39 Å². The molecule has 0 saturated carbocycles. The predicted molar refractivity (Wildman–Crippen MR) is 192 cm³/mol. The van der Waals surface area contributed by atoms with Crippen molar-refractivity contribution in [1.29, 1.82) is 0 Å². The van der Waals surface area contributed by atoms with E-state index in [1.807, 2.05) is 30.3 Å². The molecule has 5 aromatic rings. The van der Waals surface area contributed by atoms with Gasteiger partial charge in [0.1, 0.15) is 18.0 Å². The van der Waals surface area contributed by atoms with Gasteiger partial charge >= 0.3 is 17.6 Å². The quantitative estimate of drug-likeness (QED) is 0.191. The van der Waals surface area contributed by atoms with Gasteiger partial charge in [0.25, 0.3) is 17.3 Å². The summed E-state index contributed by atoms with van der Waals surface area (Å²) in [6.45, 7) is -0.309. The van der Waals surface area contributed by atoms with Crippen LogP contribution >= 0.6 is 11.6 Å². The molecule has 6 rings (SSSR count). The number of esters is 2. The normalized spacial score (nSPS) is 16.5. The molecule has 0 unspecified atom stereocenters. The number of halogens is 2. The Morgan fingerprint density at radius 3 is 2.28 bits per heavy atom. The highest BCUT2D eigenvalue weighted by molar-refractivity contribution is 6.33. The van der Waals surface area contributed by atoms with Gasteiger partial charge in [0.15, 0.2) is 0 Å². The summed E-state index contributed by atoms with van der Waals surface area (Å²) in [7, 11) is 3.23. The number of benzene rings is 3. The smallest absolute Gasteiger partial charge is 0.345 e. The molecule has 0 bridgehead atoms. The van der Waals surface area contributed by atoms with Gasteiger partial charge in [0.2, 0.25) is 11.6 Å². The summed E-state index contributed by atoms with van der Waals surface area (Å²) in [6.07, 6.45) is -0.990. The average molecular weight is 759 g/mol. The molecule has 14 nitrogen and oxygen atoms in total. The van der Waals surface area contributed by atoms with E-state index in [-0.39, 0.29) is 50.7 Å². The minimum absolute atomic E-state index is 0.0119. The van der Waals surface area contributed by atoms with E-state index in [0.717, 1.165) is 16.2 Å². The summed E-state index contributed by atoms with van der Waals surface area (Å²) in [6, 6.07) is 22.0. The molecule has 2 aromatic heterocycles. The number of hydrogen-bond acceptors (Lipinski definition) is 12. The van der Waals surface area contributed by atoms with Crippen LogP contribution in [-0.2, 0) is 16.1 Å². The molecule has 0 radical (unpaired) electrons. The van der Waals surface area contributed by atoms with E-state index in [4.69, 9.17) is 30.5 Å². The summed E-state index contributed by atoms with van der Waals surface area (Å²) in [5.41, 5.74) is -2.13. The molecule has 1 saturated heterocycles. The minimum Gasteiger partial charge on any atom is -0.415 e. The third kappa shape index (κ3) is 7.99. The summed E-state index contributed by atoms with van der Waals surface area (Å²) < 4.78 is 38.8. The van der Waals surface area contributed by atoms with E-state index in [0.29, 0.717) is 6.20 Å². The average Bonchev–Trinajstić information content (AvgIpc) is 3.60. The van der Waals surface area contributed by atoms with Gasteiger partial charge in [0, 0.05) is 26.1 Å². The second-order valence-corrected chi connectivity index (χ2v) is 12.6. The van der Waals surface area contributed by atoms with Crippen LogP contribution in [0, 0.1) is 5.82 Å². The van der Waals surface area contributed by atoms with Crippen molar-refractivity contribution >= 4 is 35.1 Å². The number of hydrogen-bond donors (Lipinski definition) is 1. The van der Waals surface area contributed by atoms with Gasteiger partial charge in [-0.3, -0.25) is 14.2 Å². The molecule has 16 heteroatoms. The van der Waals surface area contributed by atoms with Gasteiger partial charge < -0.3 is 29.0 Å². The molecule has 1 aliphatic heterocycles. The molecule has 3 atom stereocenters. The highest BCUT2D eigenvalue weighted by Gasteiger charge is 2.38. The monoisotopic (exact) mass is 758 g/mol. The molecular formula is C38H32ClFN4O10. The zero-order chi connectivity index (χ0) is 38.5. The first-order valence-corrected chi connectivity index (χ1v) is 16.8. The van der Waals surface area contributed by atoms with Gasteiger partial charge in [0.05, 0.1) is 47.9 Å². The first-order chi connectivity index (χ1) is 26.0. The van der Waals surface area contributed by atoms with Crippen LogP contribution in [-0.4, -0.2) is 70.0 Å². The van der Waals surface area contributed by atoms with Gasteiger partial charge in [-0.15, -0.1) is 0 Å². The number of aliphatic hydroxyl groups is 1. The van der Waals surface area contributed by atoms with Crippen LogP contribution in [0.2, 0.25) is 5.02 Å². The molecule has 0 amide bonds. The lowest BCUT2D eigenvalue weighted by Crippen LogP contribution is -2.46. The lowest BCUT2D eigenvalue weighted by Gasteiger charge is -2.20. The molecule has 0 aliphatic carbocycles. The maximum atomic E-state index is 15.1. The fraction of sp³-hybridized carbons (Fsp3) is 0.211. The van der Waals surface area contributed by atoms with Crippen molar-refractivity contribution in [1.82, 2.24) is 14.1 Å². The second-order valence-electron chi connectivity index (χ2n) is 12.2. The molecule has 278 valence electrons. The minimum atomic E-state index is -1.53. The number of pyridine rings is 1. The Hall–Kier alpha value is -6.00. The molecule has 3 heterocycles. The van der Waals surface area contributed by atoms with Crippen molar-refractivity contribution in [2.24, 2.45) is 0 Å². The van der Waals surface area contributed by atoms with Crippen LogP contribution in [0.1, 0.15) is 49.3 Å². The maximum absolute atomic E-state index is 15.1. The molecule has 0 spiro atoms. The van der Waals surface area contributed by atoms with Crippen LogP contribution in [0.3, 0.4) is 0 Å². The molecular weight excluding hydrogens is 727 g/mol. The van der Waals surface area contributed by atoms with Crippen molar-refractivity contribution in [2.75, 3.05) is 25.6 Å². The van der Waals surface area contributed by atoms with Crippen LogP contribution in [0.4, 0.5) is 10.1 Å². The lowest BCUT2D eigenvalue weighted by molar-refractivity contribution is -0.0661. The van der Waals surface area contributed by atoms with Crippen molar-refractivity contribution in [3.63, 3.8) is 0 Å². The van der Waals surface area contributed by atoms with Crippen molar-refractivity contribution in [2.45, 2.75) is 31.5 Å². The molecule has 1 N–H and O–H groups in total. The van der Waals surface area contributed by atoms with E-state index in [1.54, 1.807) is 32.3 Å². The van der Waals surface area contributed by atoms with Gasteiger partial charge in [-0.2, -0.15) is 8.96 Å². The summed E-state index contributed by atoms with van der Waals surface area (Å²) in [5, 5.41) is 10.0. The fourth-order valence-corrected chi connectivity index (χ4v) is 6.03. The number of carbonyl (C=O) groups is 3. The van der Waals surface area contributed by atoms with Crippen molar-refractivity contribution < 1.29 is 42.8 Å².